The van der Waals surface area contributed by atoms with E-state index in [2.05, 4.69) is 4.98 Å². The normalized spacial score (nSPS) is 10.1. The first-order chi connectivity index (χ1) is 5.95. The van der Waals surface area contributed by atoms with E-state index in [0.717, 1.165) is 3.57 Å². The van der Waals surface area contributed by atoms with E-state index in [9.17, 15) is 9.59 Å². The molecule has 1 rings (SSSR count). The summed E-state index contributed by atoms with van der Waals surface area (Å²) < 4.78 is 0.787. The molecular weight excluding hydrogens is 285 g/mol. The van der Waals surface area contributed by atoms with Gasteiger partial charge in [0.2, 0.25) is 0 Å². The Morgan fingerprint density at radius 2 is 2.00 bits per heavy atom. The molecule has 1 aromatic heterocycles. The van der Waals surface area contributed by atoms with Crippen LogP contribution in [0.15, 0.2) is 4.79 Å². The van der Waals surface area contributed by atoms with Crippen molar-refractivity contribution in [1.82, 2.24) is 4.98 Å². The molecule has 0 aliphatic carbocycles. The van der Waals surface area contributed by atoms with Crippen LogP contribution in [-0.4, -0.2) is 16.1 Å². The van der Waals surface area contributed by atoms with E-state index >= 15 is 0 Å². The second-order valence-corrected chi connectivity index (χ2v) is 3.78. The Morgan fingerprint density at radius 3 is 2.46 bits per heavy atom. The number of hydrogen-bond acceptors (Lipinski definition) is 2. The number of H-pyrrole nitrogens is 1. The molecule has 0 radical (unpaired) electrons. The average Bonchev–Trinajstić information content (AvgIpc) is 1.99. The molecule has 1 heterocycles. The maximum atomic E-state index is 11.2. The van der Waals surface area contributed by atoms with Crippen molar-refractivity contribution in [2.24, 2.45) is 0 Å². The zero-order chi connectivity index (χ0) is 10.2. The number of hydrogen-bond donors (Lipinski definition) is 2. The number of nitrogens with one attached hydrogen (secondary N) is 1. The molecule has 0 saturated heterocycles. The fourth-order valence-electron chi connectivity index (χ4n) is 1.11. The molecule has 0 fully saturated rings. The van der Waals surface area contributed by atoms with Crippen molar-refractivity contribution in [1.29, 1.82) is 0 Å². The zero-order valence-electron chi connectivity index (χ0n) is 7.14. The van der Waals surface area contributed by atoms with E-state index in [4.69, 9.17) is 5.11 Å². The summed E-state index contributed by atoms with van der Waals surface area (Å²) in [6, 6.07) is 0. The van der Waals surface area contributed by atoms with E-state index in [1.807, 2.05) is 22.6 Å². The van der Waals surface area contributed by atoms with Crippen molar-refractivity contribution in [3.05, 3.63) is 30.7 Å². The van der Waals surface area contributed by atoms with Gasteiger partial charge in [0, 0.05) is 9.26 Å². The monoisotopic (exact) mass is 293 g/mol. The third-order valence-electron chi connectivity index (χ3n) is 1.78. The summed E-state index contributed by atoms with van der Waals surface area (Å²) in [6.45, 7) is 3.37. The highest BCUT2D eigenvalue weighted by Gasteiger charge is 2.15. The number of halogens is 1. The quantitative estimate of drug-likeness (QED) is 0.767. The summed E-state index contributed by atoms with van der Waals surface area (Å²) in [5, 5.41) is 8.74. The predicted octanol–water partition coefficient (Wildman–Crippen LogP) is 1.29. The highest BCUT2D eigenvalue weighted by Crippen LogP contribution is 2.15. The Labute approximate surface area is 88.1 Å². The smallest absolute Gasteiger partial charge is 0.341 e. The van der Waals surface area contributed by atoms with Gasteiger partial charge in [-0.25, -0.2) is 4.79 Å². The molecule has 0 saturated carbocycles. The second-order valence-electron chi connectivity index (χ2n) is 2.70. The fourth-order valence-corrected chi connectivity index (χ4v) is 1.51. The lowest BCUT2D eigenvalue weighted by Gasteiger charge is -2.04. The lowest BCUT2D eigenvalue weighted by molar-refractivity contribution is 0.0694. The molecule has 0 unspecified atom stereocenters. The van der Waals surface area contributed by atoms with Crippen LogP contribution in [0.4, 0.5) is 0 Å². The Morgan fingerprint density at radius 1 is 1.46 bits per heavy atom. The fraction of sp³-hybridized carbons (Fsp3) is 0.250. The second kappa shape index (κ2) is 3.49. The number of rotatable bonds is 1. The van der Waals surface area contributed by atoms with Crippen LogP contribution in [0.1, 0.15) is 21.6 Å². The molecule has 4 nitrogen and oxygen atoms in total. The Hall–Kier alpha value is -0.850. The maximum absolute atomic E-state index is 11.2. The number of pyridine rings is 1. The van der Waals surface area contributed by atoms with Crippen LogP contribution in [0, 0.1) is 17.4 Å². The van der Waals surface area contributed by atoms with Crippen molar-refractivity contribution in [2.45, 2.75) is 13.8 Å². The summed E-state index contributed by atoms with van der Waals surface area (Å²) in [4.78, 5) is 24.4. The van der Waals surface area contributed by atoms with Gasteiger partial charge in [0.25, 0.3) is 5.56 Å². The van der Waals surface area contributed by atoms with Crippen LogP contribution >= 0.6 is 22.6 Å². The number of carboxylic acid groups (broad SMARTS) is 1. The van der Waals surface area contributed by atoms with Crippen molar-refractivity contribution >= 4 is 28.6 Å². The first kappa shape index (κ1) is 10.2. The molecular formula is C8H8INO3. The molecule has 2 N–H and O–H groups in total. The molecule has 5 heteroatoms. The molecule has 0 spiro atoms. The van der Waals surface area contributed by atoms with E-state index in [1.54, 1.807) is 13.8 Å². The number of aromatic carboxylic acids is 1. The van der Waals surface area contributed by atoms with Gasteiger partial charge >= 0.3 is 5.97 Å². The zero-order valence-corrected chi connectivity index (χ0v) is 9.30. The minimum atomic E-state index is -1.18. The van der Waals surface area contributed by atoms with Crippen LogP contribution in [-0.2, 0) is 0 Å². The molecule has 0 aliphatic rings. The number of aryl methyl sites for hydroxylation is 1. The number of aromatic nitrogens is 1. The van der Waals surface area contributed by atoms with Gasteiger partial charge in [0.15, 0.2) is 0 Å². The van der Waals surface area contributed by atoms with Crippen molar-refractivity contribution in [3.63, 3.8) is 0 Å². The molecule has 0 bridgehead atoms. The highest BCUT2D eigenvalue weighted by molar-refractivity contribution is 14.1. The summed E-state index contributed by atoms with van der Waals surface area (Å²) in [6.07, 6.45) is 0. The molecule has 0 aliphatic heterocycles. The standard InChI is InChI=1S/C8H8INO3/c1-3-5(8(12)13)7(11)10-4(2)6(3)9/h1-2H3,(H,10,11)(H,12,13). The third-order valence-corrected chi connectivity index (χ3v) is 3.39. The minimum Gasteiger partial charge on any atom is -0.477 e. The van der Waals surface area contributed by atoms with Gasteiger partial charge < -0.3 is 10.1 Å². The summed E-state index contributed by atoms with van der Waals surface area (Å²) in [5.74, 6) is -1.18. The van der Waals surface area contributed by atoms with Gasteiger partial charge in [-0.3, -0.25) is 4.79 Å². The van der Waals surface area contributed by atoms with Gasteiger partial charge in [-0.1, -0.05) is 0 Å². The Kier molecular flexibility index (Phi) is 2.74. The van der Waals surface area contributed by atoms with Gasteiger partial charge in [0.05, 0.1) is 0 Å². The van der Waals surface area contributed by atoms with E-state index in [1.165, 1.54) is 0 Å². The molecule has 0 aromatic carbocycles. The molecule has 1 aromatic rings. The number of carboxylic acids is 1. The van der Waals surface area contributed by atoms with Crippen LogP contribution in [0.25, 0.3) is 0 Å². The molecule has 0 amide bonds. The average molecular weight is 293 g/mol. The van der Waals surface area contributed by atoms with Crippen LogP contribution in [0.2, 0.25) is 0 Å². The molecule has 0 atom stereocenters. The largest absolute Gasteiger partial charge is 0.477 e. The van der Waals surface area contributed by atoms with Crippen LogP contribution < -0.4 is 5.56 Å². The highest BCUT2D eigenvalue weighted by atomic mass is 127. The molecule has 70 valence electrons. The summed E-state index contributed by atoms with van der Waals surface area (Å²) in [5.41, 5.74) is 0.514. The van der Waals surface area contributed by atoms with Crippen LogP contribution in [0.5, 0.6) is 0 Å². The lowest BCUT2D eigenvalue weighted by atomic mass is 10.1. The summed E-state index contributed by atoms with van der Waals surface area (Å²) in [7, 11) is 0. The van der Waals surface area contributed by atoms with E-state index in [-0.39, 0.29) is 5.56 Å². The van der Waals surface area contributed by atoms with Crippen molar-refractivity contribution in [2.75, 3.05) is 0 Å². The summed E-state index contributed by atoms with van der Waals surface area (Å²) >= 11 is 2.01. The Balaban J connectivity index is 3.63. The van der Waals surface area contributed by atoms with E-state index in [0.29, 0.717) is 11.3 Å². The third kappa shape index (κ3) is 1.74. The molecule has 13 heavy (non-hydrogen) atoms. The Bertz CT molecular complexity index is 422. The lowest BCUT2D eigenvalue weighted by Crippen LogP contribution is -2.21. The van der Waals surface area contributed by atoms with Crippen LogP contribution in [0.3, 0.4) is 0 Å². The van der Waals surface area contributed by atoms with Gasteiger partial charge in [-0.05, 0) is 42.0 Å². The topological polar surface area (TPSA) is 70.2 Å². The minimum absolute atomic E-state index is 0.171. The van der Waals surface area contributed by atoms with Crippen molar-refractivity contribution in [3.8, 4) is 0 Å². The SMILES string of the molecule is Cc1[nH]c(=O)c(C(=O)O)c(C)c1I. The van der Waals surface area contributed by atoms with E-state index < -0.39 is 11.5 Å². The van der Waals surface area contributed by atoms with Crippen molar-refractivity contribution < 1.29 is 9.90 Å². The maximum Gasteiger partial charge on any atom is 0.341 e. The van der Waals surface area contributed by atoms with Gasteiger partial charge in [-0.15, -0.1) is 0 Å². The first-order valence-corrected chi connectivity index (χ1v) is 4.65. The number of aromatic amines is 1. The van der Waals surface area contributed by atoms with Gasteiger partial charge in [-0.2, -0.15) is 0 Å². The first-order valence-electron chi connectivity index (χ1n) is 3.57. The predicted molar refractivity (Wildman–Crippen MR) is 56.2 cm³/mol. The van der Waals surface area contributed by atoms with Gasteiger partial charge in [0.1, 0.15) is 5.56 Å². The number of carbonyl (C=O) groups is 1.